The van der Waals surface area contributed by atoms with E-state index >= 15 is 0 Å². The first-order valence-corrected chi connectivity index (χ1v) is 10.6. The van der Waals surface area contributed by atoms with Gasteiger partial charge in [0.05, 0.1) is 10.0 Å². The van der Waals surface area contributed by atoms with E-state index in [0.717, 1.165) is 31.2 Å². The lowest BCUT2D eigenvalue weighted by Gasteiger charge is -2.12. The van der Waals surface area contributed by atoms with Crippen molar-refractivity contribution in [1.82, 2.24) is 15.3 Å². The molecule has 132 valence electrons. The van der Waals surface area contributed by atoms with Crippen molar-refractivity contribution >= 4 is 55.8 Å². The highest BCUT2D eigenvalue weighted by atomic mass is 79.9. The van der Waals surface area contributed by atoms with Gasteiger partial charge in [-0.25, -0.2) is 9.97 Å². The van der Waals surface area contributed by atoms with Gasteiger partial charge in [0.2, 0.25) is 0 Å². The predicted molar refractivity (Wildman–Crippen MR) is 104 cm³/mol. The van der Waals surface area contributed by atoms with Gasteiger partial charge < -0.3 is 10.6 Å². The zero-order valence-corrected chi connectivity index (χ0v) is 17.0. The molecule has 0 bridgehead atoms. The lowest BCUT2D eigenvalue weighted by atomic mass is 9.95. The summed E-state index contributed by atoms with van der Waals surface area (Å²) in [5.41, 5.74) is 1.91. The van der Waals surface area contributed by atoms with Crippen LogP contribution in [0, 0.1) is 0 Å². The number of halogens is 1. The molecule has 0 fully saturated rings. The second kappa shape index (κ2) is 7.84. The topological polar surface area (TPSA) is 84.0 Å². The minimum atomic E-state index is -0.353. The van der Waals surface area contributed by atoms with Gasteiger partial charge >= 0.3 is 0 Å². The molecule has 0 unspecified atom stereocenters. The predicted octanol–water partition coefficient (Wildman–Crippen LogP) is 3.51. The summed E-state index contributed by atoms with van der Waals surface area (Å²) in [4.78, 5) is 34.6. The van der Waals surface area contributed by atoms with Crippen LogP contribution in [0.15, 0.2) is 15.8 Å². The monoisotopic (exact) mass is 440 g/mol. The Morgan fingerprint density at radius 1 is 1.28 bits per heavy atom. The van der Waals surface area contributed by atoms with Crippen LogP contribution < -0.4 is 10.6 Å². The molecule has 0 radical (unpaired) electrons. The number of hydrogen-bond acceptors (Lipinski definition) is 6. The van der Waals surface area contributed by atoms with Gasteiger partial charge in [0.15, 0.2) is 5.16 Å². The quantitative estimate of drug-likeness (QED) is 0.561. The number of aryl methyl sites for hydroxylation is 1. The number of amides is 2. The maximum absolute atomic E-state index is 12.7. The molecule has 0 spiro atoms. The Morgan fingerprint density at radius 2 is 2.04 bits per heavy atom. The Kier molecular flexibility index (Phi) is 5.75. The molecule has 2 aromatic rings. The molecule has 0 aromatic carbocycles. The molecule has 0 atom stereocenters. The second-order valence-electron chi connectivity index (χ2n) is 5.50. The maximum Gasteiger partial charge on any atom is 0.276 e. The molecule has 25 heavy (non-hydrogen) atoms. The fraction of sp³-hybridized carbons (Fsp3) is 0.375. The fourth-order valence-electron chi connectivity index (χ4n) is 2.79. The third kappa shape index (κ3) is 3.73. The van der Waals surface area contributed by atoms with Gasteiger partial charge in [-0.2, -0.15) is 0 Å². The normalized spacial score (nSPS) is 13.2. The van der Waals surface area contributed by atoms with Crippen LogP contribution in [0.5, 0.6) is 0 Å². The van der Waals surface area contributed by atoms with E-state index in [9.17, 15) is 9.59 Å². The molecule has 0 aliphatic heterocycles. The van der Waals surface area contributed by atoms with Crippen molar-refractivity contribution in [2.45, 2.75) is 30.8 Å². The number of anilines is 1. The Labute approximate surface area is 162 Å². The van der Waals surface area contributed by atoms with Crippen LogP contribution in [0.3, 0.4) is 0 Å². The van der Waals surface area contributed by atoms with Crippen LogP contribution in [0.4, 0.5) is 5.00 Å². The highest BCUT2D eigenvalue weighted by molar-refractivity contribution is 9.10. The largest absolute Gasteiger partial charge is 0.355 e. The molecule has 6 nitrogen and oxygen atoms in total. The molecule has 0 saturated heterocycles. The molecule has 2 aromatic heterocycles. The minimum absolute atomic E-state index is 0.166. The molecular formula is C16H17BrN4O2S2. The minimum Gasteiger partial charge on any atom is -0.355 e. The number of thiophene rings is 1. The van der Waals surface area contributed by atoms with Gasteiger partial charge in [-0.05, 0) is 53.4 Å². The van der Waals surface area contributed by atoms with Crippen LogP contribution in [0.25, 0.3) is 0 Å². The summed E-state index contributed by atoms with van der Waals surface area (Å²) in [6.45, 7) is 0. The standard InChI is InChI=1S/C16H17BrN4O2S2/c1-18-13(22)11-8-5-3-4-6-10(8)25-15(11)21-14(23)12-9(17)7-19-16(20-12)24-2/h7H,3-6H2,1-2H3,(H,18,22)(H,21,23). The Balaban J connectivity index is 1.96. The molecule has 1 aliphatic rings. The summed E-state index contributed by atoms with van der Waals surface area (Å²) in [5, 5.41) is 6.67. The van der Waals surface area contributed by atoms with E-state index in [1.54, 1.807) is 13.2 Å². The van der Waals surface area contributed by atoms with Gasteiger partial charge in [-0.15, -0.1) is 11.3 Å². The lowest BCUT2D eigenvalue weighted by Crippen LogP contribution is -2.22. The van der Waals surface area contributed by atoms with Crippen molar-refractivity contribution in [2.24, 2.45) is 0 Å². The Morgan fingerprint density at radius 3 is 2.76 bits per heavy atom. The van der Waals surface area contributed by atoms with E-state index in [-0.39, 0.29) is 17.5 Å². The zero-order valence-electron chi connectivity index (χ0n) is 13.8. The summed E-state index contributed by atoms with van der Waals surface area (Å²) < 4.78 is 0.519. The van der Waals surface area contributed by atoms with Crippen LogP contribution in [0.1, 0.15) is 44.1 Å². The SMILES string of the molecule is CNC(=O)c1c(NC(=O)c2nc(SC)ncc2Br)sc2c1CCCC2. The van der Waals surface area contributed by atoms with Gasteiger partial charge in [0, 0.05) is 18.1 Å². The fourth-order valence-corrected chi connectivity index (χ4v) is 4.78. The third-order valence-corrected chi connectivity index (χ3v) is 6.32. The number of nitrogens with zero attached hydrogens (tertiary/aromatic N) is 2. The summed E-state index contributed by atoms with van der Waals surface area (Å²) in [5.74, 6) is -0.519. The van der Waals surface area contributed by atoms with Crippen LogP contribution in [0.2, 0.25) is 0 Å². The van der Waals surface area contributed by atoms with E-state index in [1.165, 1.54) is 28.0 Å². The van der Waals surface area contributed by atoms with E-state index in [0.29, 0.717) is 20.2 Å². The van der Waals surface area contributed by atoms with Crippen molar-refractivity contribution in [1.29, 1.82) is 0 Å². The maximum atomic E-state index is 12.7. The van der Waals surface area contributed by atoms with E-state index in [1.807, 2.05) is 6.26 Å². The summed E-state index contributed by atoms with van der Waals surface area (Å²) in [6.07, 6.45) is 7.42. The molecule has 2 heterocycles. The Hall–Kier alpha value is -1.45. The van der Waals surface area contributed by atoms with E-state index < -0.39 is 0 Å². The molecule has 2 N–H and O–H groups in total. The van der Waals surface area contributed by atoms with Gasteiger partial charge in [0.1, 0.15) is 10.7 Å². The van der Waals surface area contributed by atoms with Gasteiger partial charge in [-0.1, -0.05) is 11.8 Å². The Bertz CT molecular complexity index is 838. The number of carbonyl (C=O) groups excluding carboxylic acids is 2. The van der Waals surface area contributed by atoms with Gasteiger partial charge in [0.25, 0.3) is 11.8 Å². The highest BCUT2D eigenvalue weighted by Gasteiger charge is 2.26. The average molecular weight is 441 g/mol. The first-order valence-electron chi connectivity index (χ1n) is 7.79. The third-order valence-electron chi connectivity index (χ3n) is 3.97. The highest BCUT2D eigenvalue weighted by Crippen LogP contribution is 2.38. The molecular weight excluding hydrogens is 424 g/mol. The van der Waals surface area contributed by atoms with Gasteiger partial charge in [-0.3, -0.25) is 9.59 Å². The zero-order chi connectivity index (χ0) is 18.0. The molecule has 0 saturated carbocycles. The lowest BCUT2D eigenvalue weighted by molar-refractivity contribution is 0.0963. The summed E-state index contributed by atoms with van der Waals surface area (Å²) in [6, 6.07) is 0. The summed E-state index contributed by atoms with van der Waals surface area (Å²) in [7, 11) is 1.60. The smallest absolute Gasteiger partial charge is 0.276 e. The average Bonchev–Trinajstić information content (AvgIpc) is 2.99. The number of carbonyl (C=O) groups is 2. The number of hydrogen-bond donors (Lipinski definition) is 2. The van der Waals surface area contributed by atoms with Crippen LogP contribution in [-0.2, 0) is 12.8 Å². The van der Waals surface area contributed by atoms with E-state index in [2.05, 4.69) is 36.5 Å². The van der Waals surface area contributed by atoms with Crippen molar-refractivity contribution in [3.8, 4) is 0 Å². The van der Waals surface area contributed by atoms with Crippen LogP contribution >= 0.6 is 39.0 Å². The molecule has 3 rings (SSSR count). The second-order valence-corrected chi connectivity index (χ2v) is 8.23. The first-order chi connectivity index (χ1) is 12.0. The number of fused-ring (bicyclic) bond motifs is 1. The van der Waals surface area contributed by atoms with Crippen molar-refractivity contribution in [2.75, 3.05) is 18.6 Å². The van der Waals surface area contributed by atoms with Crippen molar-refractivity contribution in [3.05, 3.63) is 32.4 Å². The number of nitrogens with one attached hydrogen (secondary N) is 2. The van der Waals surface area contributed by atoms with Crippen LogP contribution in [-0.4, -0.2) is 35.1 Å². The van der Waals surface area contributed by atoms with Crippen molar-refractivity contribution in [3.63, 3.8) is 0 Å². The summed E-state index contributed by atoms with van der Waals surface area (Å²) >= 11 is 6.17. The molecule has 9 heteroatoms. The number of aromatic nitrogens is 2. The molecule has 2 amide bonds. The number of rotatable bonds is 4. The molecule has 1 aliphatic carbocycles. The number of thioether (sulfide) groups is 1. The first kappa shape index (κ1) is 18.3. The van der Waals surface area contributed by atoms with Crippen molar-refractivity contribution < 1.29 is 9.59 Å². The van der Waals surface area contributed by atoms with E-state index in [4.69, 9.17) is 0 Å².